The first kappa shape index (κ1) is 36.6. The Morgan fingerprint density at radius 3 is 2.47 bits per heavy atom. The van der Waals surface area contributed by atoms with Crippen LogP contribution in [0.4, 0.5) is 22.7 Å². The second-order valence-corrected chi connectivity index (χ2v) is 19.4. The van der Waals surface area contributed by atoms with Crippen molar-refractivity contribution in [1.29, 1.82) is 0 Å². The van der Waals surface area contributed by atoms with Gasteiger partial charge in [-0.25, -0.2) is 0 Å². The van der Waals surface area contributed by atoms with E-state index >= 15 is 4.79 Å². The Labute approximate surface area is 319 Å². The van der Waals surface area contributed by atoms with Crippen LogP contribution in [-0.2, 0) is 44.2 Å². The molecular formula is C41H42N4O9Si. The number of nitrogens with zero attached hydrogens (tertiary/aromatic N) is 4. The largest absolute Gasteiger partial charge is 0.482 e. The molecule has 284 valence electrons. The van der Waals surface area contributed by atoms with Gasteiger partial charge < -0.3 is 29.2 Å². The summed E-state index contributed by atoms with van der Waals surface area (Å²) in [5.74, 6) is -1.07. The summed E-state index contributed by atoms with van der Waals surface area (Å²) >= 11 is 0. The number of rotatable bonds is 8. The average molecular weight is 763 g/mol. The number of fused-ring (bicyclic) bond motifs is 4. The molecule has 1 saturated heterocycles. The number of aliphatic hydroxyl groups is 1. The van der Waals surface area contributed by atoms with Gasteiger partial charge in [0.2, 0.25) is 5.91 Å². The Bertz CT molecular complexity index is 2230. The SMILES string of the molecule is C[C@H]1[C@H]([Si](C)(C)O)[C@@H](CC(=O)N2Cc3ccccc3C[C@H]2CO)O[C@]12C(=O)N(Cc1cccc(N3C(=O)COc4ccccc43)c1)c1ccc([N+](=O)[O-])cc12. The lowest BCUT2D eigenvalue weighted by Crippen LogP contribution is -2.48. The van der Waals surface area contributed by atoms with E-state index in [1.165, 1.54) is 12.1 Å². The molecule has 0 aromatic heterocycles. The normalized spacial score (nSPS) is 24.4. The minimum atomic E-state index is -3.19. The summed E-state index contributed by atoms with van der Waals surface area (Å²) in [7, 11) is -3.19. The van der Waals surface area contributed by atoms with Gasteiger partial charge in [-0.1, -0.05) is 55.5 Å². The number of aliphatic hydroxyl groups excluding tert-OH is 1. The van der Waals surface area contributed by atoms with E-state index in [1.54, 1.807) is 58.1 Å². The molecule has 0 aliphatic carbocycles. The van der Waals surface area contributed by atoms with Crippen molar-refractivity contribution in [2.45, 2.75) is 69.2 Å². The van der Waals surface area contributed by atoms with Crippen molar-refractivity contribution in [3.63, 3.8) is 0 Å². The van der Waals surface area contributed by atoms with Crippen LogP contribution in [0.2, 0.25) is 18.6 Å². The van der Waals surface area contributed by atoms with E-state index < -0.39 is 48.4 Å². The van der Waals surface area contributed by atoms with Crippen LogP contribution in [0.3, 0.4) is 0 Å². The molecule has 0 radical (unpaired) electrons. The summed E-state index contributed by atoms with van der Waals surface area (Å²) in [6.07, 6.45) is -0.551. The molecule has 13 nitrogen and oxygen atoms in total. The molecule has 0 bridgehead atoms. The van der Waals surface area contributed by atoms with Crippen LogP contribution in [0.25, 0.3) is 0 Å². The molecule has 8 rings (SSSR count). The third kappa shape index (κ3) is 6.09. The van der Waals surface area contributed by atoms with E-state index in [2.05, 4.69) is 0 Å². The van der Waals surface area contributed by atoms with E-state index in [0.29, 0.717) is 46.9 Å². The summed E-state index contributed by atoms with van der Waals surface area (Å²) in [5.41, 5.74) is 2.11. The number of non-ortho nitro benzene ring substituents is 1. The highest BCUT2D eigenvalue weighted by Gasteiger charge is 2.67. The summed E-state index contributed by atoms with van der Waals surface area (Å²) < 4.78 is 12.5. The van der Waals surface area contributed by atoms with Crippen LogP contribution in [0.1, 0.15) is 35.6 Å². The number of ether oxygens (including phenoxy) is 2. The monoisotopic (exact) mass is 762 g/mol. The minimum Gasteiger partial charge on any atom is -0.482 e. The van der Waals surface area contributed by atoms with Crippen molar-refractivity contribution in [3.05, 3.63) is 123 Å². The van der Waals surface area contributed by atoms with Gasteiger partial charge in [-0.05, 0) is 66.5 Å². The molecule has 5 atom stereocenters. The molecule has 3 amide bonds. The van der Waals surface area contributed by atoms with Gasteiger partial charge in [-0.15, -0.1) is 0 Å². The van der Waals surface area contributed by atoms with Crippen LogP contribution in [0.15, 0.2) is 91.0 Å². The van der Waals surface area contributed by atoms with Gasteiger partial charge in [0.05, 0.1) is 48.0 Å². The molecule has 55 heavy (non-hydrogen) atoms. The van der Waals surface area contributed by atoms with Gasteiger partial charge in [0, 0.05) is 41.4 Å². The Hall–Kier alpha value is -5.41. The molecule has 1 fully saturated rings. The van der Waals surface area contributed by atoms with Gasteiger partial charge >= 0.3 is 0 Å². The van der Waals surface area contributed by atoms with E-state index in [1.807, 2.05) is 55.5 Å². The predicted octanol–water partition coefficient (Wildman–Crippen LogP) is 5.33. The van der Waals surface area contributed by atoms with E-state index in [-0.39, 0.29) is 43.7 Å². The summed E-state index contributed by atoms with van der Waals surface area (Å²) in [4.78, 5) is 70.6. The first-order valence-corrected chi connectivity index (χ1v) is 21.5. The zero-order valence-electron chi connectivity index (χ0n) is 30.8. The number of carbonyl (C=O) groups is 3. The number of nitro groups is 1. The number of amides is 3. The Kier molecular flexibility index (Phi) is 9.11. The first-order valence-electron chi connectivity index (χ1n) is 18.4. The molecule has 4 aliphatic heterocycles. The maximum atomic E-state index is 15.1. The lowest BCUT2D eigenvalue weighted by molar-refractivity contribution is -0.385. The first-order chi connectivity index (χ1) is 26.3. The van der Waals surface area contributed by atoms with Crippen molar-refractivity contribution in [3.8, 4) is 5.75 Å². The third-order valence-corrected chi connectivity index (χ3v) is 14.2. The quantitative estimate of drug-likeness (QED) is 0.137. The number of hydrogen-bond acceptors (Lipinski definition) is 9. The molecule has 2 N–H and O–H groups in total. The molecule has 4 aliphatic rings. The van der Waals surface area contributed by atoms with Crippen molar-refractivity contribution < 1.29 is 38.7 Å². The number of hydrogen-bond donors (Lipinski definition) is 2. The molecule has 0 saturated carbocycles. The lowest BCUT2D eigenvalue weighted by atomic mass is 9.82. The topological polar surface area (TPSA) is 163 Å². The summed E-state index contributed by atoms with van der Waals surface area (Å²) in [5, 5.41) is 22.4. The van der Waals surface area contributed by atoms with Crippen molar-refractivity contribution >= 4 is 48.8 Å². The number of carbonyl (C=O) groups excluding carboxylic acids is 3. The van der Waals surface area contributed by atoms with Gasteiger partial charge in [0.15, 0.2) is 20.5 Å². The molecular weight excluding hydrogens is 721 g/mol. The Morgan fingerprint density at radius 1 is 0.982 bits per heavy atom. The van der Waals surface area contributed by atoms with E-state index in [4.69, 9.17) is 9.47 Å². The van der Waals surface area contributed by atoms with Crippen molar-refractivity contribution in [2.24, 2.45) is 5.92 Å². The van der Waals surface area contributed by atoms with Crippen LogP contribution >= 0.6 is 0 Å². The molecule has 4 aromatic carbocycles. The molecule has 4 aromatic rings. The van der Waals surface area contributed by atoms with Crippen molar-refractivity contribution in [1.82, 2.24) is 4.90 Å². The van der Waals surface area contributed by atoms with Gasteiger partial charge in [-0.2, -0.15) is 0 Å². The number of anilines is 3. The maximum absolute atomic E-state index is 15.1. The number of para-hydroxylation sites is 2. The summed E-state index contributed by atoms with van der Waals surface area (Å²) in [6, 6.07) is 26.1. The summed E-state index contributed by atoms with van der Waals surface area (Å²) in [6.45, 7) is 5.33. The second kappa shape index (κ2) is 13.7. The standard InChI is InChI=1S/C41H42N4O9Si/c1-25-39(55(2,3)52)36(20-37(47)42-22-28-11-5-4-10-27(28)18-31(42)23-46)54-41(25)32-19-30(45(50)51)15-16-33(32)43(40(41)49)21-26-9-8-12-29(17-26)44-34-13-6-7-14-35(34)53-24-38(44)48/h4-17,19,25,31,36,39,46,52H,18,20-24H2,1-3H3/t25-,31-,36+,39-,41+/m0/s1. The van der Waals surface area contributed by atoms with Crippen LogP contribution < -0.4 is 14.5 Å². The zero-order valence-corrected chi connectivity index (χ0v) is 31.8. The van der Waals surface area contributed by atoms with Gasteiger partial charge in [0.25, 0.3) is 17.5 Å². The van der Waals surface area contributed by atoms with Crippen molar-refractivity contribution in [2.75, 3.05) is 23.0 Å². The second-order valence-electron chi connectivity index (χ2n) is 15.4. The zero-order chi connectivity index (χ0) is 38.8. The minimum absolute atomic E-state index is 0.0507. The van der Waals surface area contributed by atoms with Crippen LogP contribution in [0, 0.1) is 16.0 Å². The Balaban J connectivity index is 1.15. The van der Waals surface area contributed by atoms with Crippen LogP contribution in [0.5, 0.6) is 5.75 Å². The smallest absolute Gasteiger partial charge is 0.269 e. The van der Waals surface area contributed by atoms with E-state index in [0.717, 1.165) is 11.1 Å². The molecule has 14 heteroatoms. The fourth-order valence-corrected chi connectivity index (χ4v) is 11.8. The fraction of sp³-hybridized carbons (Fsp3) is 0.341. The highest BCUT2D eigenvalue weighted by atomic mass is 28.4. The number of nitro benzene ring substituents is 1. The Morgan fingerprint density at radius 2 is 1.73 bits per heavy atom. The van der Waals surface area contributed by atoms with Gasteiger partial charge in [0.1, 0.15) is 5.75 Å². The van der Waals surface area contributed by atoms with Crippen LogP contribution in [-0.4, -0.2) is 71.1 Å². The molecule has 0 unspecified atom stereocenters. The predicted molar refractivity (Wildman–Crippen MR) is 205 cm³/mol. The lowest BCUT2D eigenvalue weighted by Gasteiger charge is -2.37. The average Bonchev–Trinajstić information content (AvgIpc) is 3.59. The van der Waals surface area contributed by atoms with E-state index in [9.17, 15) is 29.6 Å². The third-order valence-electron chi connectivity index (χ3n) is 11.7. The fourth-order valence-electron chi connectivity index (χ4n) is 9.23. The highest BCUT2D eigenvalue weighted by Crippen LogP contribution is 2.60. The molecule has 4 heterocycles. The van der Waals surface area contributed by atoms with Gasteiger partial charge in [-0.3, -0.25) is 29.4 Å². The molecule has 1 spiro atoms. The highest BCUT2D eigenvalue weighted by molar-refractivity contribution is 6.71. The number of benzene rings is 4. The maximum Gasteiger partial charge on any atom is 0.269 e.